The van der Waals surface area contributed by atoms with E-state index in [9.17, 15) is 13.2 Å². The zero-order valence-corrected chi connectivity index (χ0v) is 10.6. The highest BCUT2D eigenvalue weighted by Gasteiger charge is 2.33. The molecule has 0 aliphatic rings. The molecule has 0 fully saturated rings. The van der Waals surface area contributed by atoms with Gasteiger partial charge in [0.05, 0.1) is 5.56 Å². The molecule has 0 radical (unpaired) electrons. The fourth-order valence-electron chi connectivity index (χ4n) is 1.67. The molecular weight excluding hydrogens is 271 g/mol. The first-order valence-corrected chi connectivity index (χ1v) is 6.05. The number of aromatic amines is 1. The van der Waals surface area contributed by atoms with E-state index in [1.165, 1.54) is 18.2 Å². The van der Waals surface area contributed by atoms with Crippen molar-refractivity contribution >= 4 is 0 Å². The van der Waals surface area contributed by atoms with Crippen LogP contribution in [0.2, 0.25) is 0 Å². The van der Waals surface area contributed by atoms with Gasteiger partial charge < -0.3 is 10.1 Å². The molecule has 0 saturated carbocycles. The Labute approximate surface area is 114 Å². The number of ether oxygens (including phenoxy) is 1. The lowest BCUT2D eigenvalue weighted by molar-refractivity contribution is -0.138. The van der Waals surface area contributed by atoms with Gasteiger partial charge in [-0.15, -0.1) is 0 Å². The van der Waals surface area contributed by atoms with Crippen molar-refractivity contribution in [1.82, 2.24) is 15.5 Å². The third kappa shape index (κ3) is 3.99. The number of benzene rings is 1. The third-order valence-corrected chi connectivity index (χ3v) is 2.60. The smallest absolute Gasteiger partial charge is 0.419 e. The second-order valence-corrected chi connectivity index (χ2v) is 4.10. The van der Waals surface area contributed by atoms with Gasteiger partial charge in [0.2, 0.25) is 0 Å². The van der Waals surface area contributed by atoms with Crippen LogP contribution in [-0.2, 0) is 12.7 Å². The van der Waals surface area contributed by atoms with Gasteiger partial charge in [-0.3, -0.25) is 5.10 Å². The van der Waals surface area contributed by atoms with Crippen LogP contribution >= 0.6 is 0 Å². The van der Waals surface area contributed by atoms with Gasteiger partial charge in [-0.1, -0.05) is 12.1 Å². The minimum atomic E-state index is -4.40. The van der Waals surface area contributed by atoms with E-state index in [0.29, 0.717) is 13.1 Å². The molecule has 20 heavy (non-hydrogen) atoms. The Balaban J connectivity index is 1.79. The van der Waals surface area contributed by atoms with Crippen molar-refractivity contribution in [3.05, 3.63) is 47.8 Å². The summed E-state index contributed by atoms with van der Waals surface area (Å²) in [5.74, 6) is -0.150. The van der Waals surface area contributed by atoms with E-state index in [1.54, 1.807) is 6.20 Å². The van der Waals surface area contributed by atoms with Crippen molar-refractivity contribution in [3.8, 4) is 5.75 Å². The molecule has 7 heteroatoms. The van der Waals surface area contributed by atoms with E-state index >= 15 is 0 Å². The van der Waals surface area contributed by atoms with Crippen molar-refractivity contribution in [3.63, 3.8) is 0 Å². The Morgan fingerprint density at radius 2 is 2.00 bits per heavy atom. The summed E-state index contributed by atoms with van der Waals surface area (Å²) in [5.41, 5.74) is 0.147. The van der Waals surface area contributed by atoms with E-state index in [0.717, 1.165) is 11.8 Å². The molecule has 2 N–H and O–H groups in total. The van der Waals surface area contributed by atoms with Crippen LogP contribution in [0.1, 0.15) is 11.3 Å². The molecule has 0 aliphatic heterocycles. The van der Waals surface area contributed by atoms with Crippen LogP contribution in [0.4, 0.5) is 13.2 Å². The van der Waals surface area contributed by atoms with Crippen LogP contribution < -0.4 is 10.1 Å². The van der Waals surface area contributed by atoms with Gasteiger partial charge in [0.1, 0.15) is 12.4 Å². The van der Waals surface area contributed by atoms with E-state index in [1.807, 2.05) is 6.07 Å². The standard InChI is InChI=1S/C13H14F3N3O/c14-13(15,16)11-3-1-2-4-12(11)20-8-7-17-9-10-5-6-18-19-10/h1-6,17H,7-9H2,(H,18,19). The van der Waals surface area contributed by atoms with Crippen molar-refractivity contribution in [2.24, 2.45) is 0 Å². The molecule has 0 bridgehead atoms. The summed E-state index contributed by atoms with van der Waals surface area (Å²) in [6.07, 6.45) is -2.77. The number of H-pyrrole nitrogens is 1. The summed E-state index contributed by atoms with van der Waals surface area (Å²) in [6, 6.07) is 6.99. The first-order valence-electron chi connectivity index (χ1n) is 6.05. The number of hydrogen-bond donors (Lipinski definition) is 2. The lowest BCUT2D eigenvalue weighted by Crippen LogP contribution is -2.21. The summed E-state index contributed by atoms with van der Waals surface area (Å²) < 4.78 is 43.3. The molecule has 1 aromatic carbocycles. The van der Waals surface area contributed by atoms with Crippen LogP contribution in [-0.4, -0.2) is 23.3 Å². The third-order valence-electron chi connectivity index (χ3n) is 2.60. The Hall–Kier alpha value is -2.02. The van der Waals surface area contributed by atoms with Crippen molar-refractivity contribution in [2.75, 3.05) is 13.2 Å². The molecule has 2 rings (SSSR count). The summed E-state index contributed by atoms with van der Waals surface area (Å²) in [4.78, 5) is 0. The Morgan fingerprint density at radius 3 is 2.70 bits per heavy atom. The average molecular weight is 285 g/mol. The maximum absolute atomic E-state index is 12.7. The predicted molar refractivity (Wildman–Crippen MR) is 67.2 cm³/mol. The number of halogens is 3. The lowest BCUT2D eigenvalue weighted by atomic mass is 10.2. The first-order chi connectivity index (χ1) is 9.57. The second-order valence-electron chi connectivity index (χ2n) is 4.10. The molecule has 0 saturated heterocycles. The lowest BCUT2D eigenvalue weighted by Gasteiger charge is -2.13. The minimum absolute atomic E-state index is 0.150. The van der Waals surface area contributed by atoms with E-state index in [2.05, 4.69) is 15.5 Å². The zero-order valence-electron chi connectivity index (χ0n) is 10.6. The van der Waals surface area contributed by atoms with Crippen LogP contribution in [0.3, 0.4) is 0 Å². The van der Waals surface area contributed by atoms with Gasteiger partial charge in [-0.25, -0.2) is 0 Å². The van der Waals surface area contributed by atoms with E-state index in [-0.39, 0.29) is 12.4 Å². The second kappa shape index (κ2) is 6.42. The number of hydrogen-bond acceptors (Lipinski definition) is 3. The summed E-state index contributed by atoms with van der Waals surface area (Å²) >= 11 is 0. The minimum Gasteiger partial charge on any atom is -0.492 e. The molecular formula is C13H14F3N3O. The van der Waals surface area contributed by atoms with Crippen molar-refractivity contribution < 1.29 is 17.9 Å². The summed E-state index contributed by atoms with van der Waals surface area (Å²) in [5, 5.41) is 9.60. The van der Waals surface area contributed by atoms with Crippen LogP contribution in [0.25, 0.3) is 0 Å². The van der Waals surface area contributed by atoms with Gasteiger partial charge in [0.15, 0.2) is 0 Å². The van der Waals surface area contributed by atoms with Gasteiger partial charge in [-0.2, -0.15) is 18.3 Å². The van der Waals surface area contributed by atoms with Gasteiger partial charge in [-0.05, 0) is 18.2 Å². The molecule has 0 atom stereocenters. The molecule has 0 spiro atoms. The molecule has 1 aromatic heterocycles. The number of rotatable bonds is 6. The summed E-state index contributed by atoms with van der Waals surface area (Å²) in [7, 11) is 0. The Morgan fingerprint density at radius 1 is 1.20 bits per heavy atom. The number of nitrogens with one attached hydrogen (secondary N) is 2. The van der Waals surface area contributed by atoms with Gasteiger partial charge >= 0.3 is 6.18 Å². The predicted octanol–water partition coefficient (Wildman–Crippen LogP) is 2.60. The van der Waals surface area contributed by atoms with Crippen molar-refractivity contribution in [2.45, 2.75) is 12.7 Å². The van der Waals surface area contributed by atoms with Gasteiger partial charge in [0.25, 0.3) is 0 Å². The van der Waals surface area contributed by atoms with E-state index in [4.69, 9.17) is 4.74 Å². The fraction of sp³-hybridized carbons (Fsp3) is 0.308. The molecule has 2 aromatic rings. The fourth-order valence-corrected chi connectivity index (χ4v) is 1.67. The molecule has 0 unspecified atom stereocenters. The SMILES string of the molecule is FC(F)(F)c1ccccc1OCCNCc1ccn[nH]1. The number of nitrogens with zero attached hydrogens (tertiary/aromatic N) is 1. The molecule has 108 valence electrons. The normalized spacial score (nSPS) is 11.6. The highest BCUT2D eigenvalue weighted by Crippen LogP contribution is 2.35. The highest BCUT2D eigenvalue weighted by atomic mass is 19.4. The quantitative estimate of drug-likeness (QED) is 0.802. The summed E-state index contributed by atoms with van der Waals surface area (Å²) in [6.45, 7) is 1.15. The largest absolute Gasteiger partial charge is 0.492 e. The van der Waals surface area contributed by atoms with Crippen LogP contribution in [0.5, 0.6) is 5.75 Å². The molecule has 1 heterocycles. The monoisotopic (exact) mass is 285 g/mol. The van der Waals surface area contributed by atoms with Crippen molar-refractivity contribution in [1.29, 1.82) is 0 Å². The molecule has 0 aliphatic carbocycles. The number of aromatic nitrogens is 2. The first kappa shape index (κ1) is 14.4. The topological polar surface area (TPSA) is 49.9 Å². The van der Waals surface area contributed by atoms with Gasteiger partial charge in [0, 0.05) is 25.0 Å². The maximum atomic E-state index is 12.7. The van der Waals surface area contributed by atoms with E-state index < -0.39 is 11.7 Å². The molecule has 4 nitrogen and oxygen atoms in total. The Kier molecular flexibility index (Phi) is 4.62. The highest BCUT2D eigenvalue weighted by molar-refractivity contribution is 5.35. The Bertz CT molecular complexity index is 526. The average Bonchev–Trinajstić information content (AvgIpc) is 2.91. The number of para-hydroxylation sites is 1. The number of alkyl halides is 3. The zero-order chi connectivity index (χ0) is 14.4. The maximum Gasteiger partial charge on any atom is 0.419 e. The molecule has 0 amide bonds. The van der Waals surface area contributed by atoms with Crippen LogP contribution in [0.15, 0.2) is 36.5 Å². The van der Waals surface area contributed by atoms with Crippen LogP contribution in [0, 0.1) is 0 Å².